The molecule has 0 aliphatic carbocycles. The van der Waals surface area contributed by atoms with Crippen LogP contribution in [-0.4, -0.2) is 38.5 Å². The van der Waals surface area contributed by atoms with Gasteiger partial charge in [-0.3, -0.25) is 4.90 Å². The summed E-state index contributed by atoms with van der Waals surface area (Å²) in [5.41, 5.74) is 7.06. The van der Waals surface area contributed by atoms with Crippen LogP contribution >= 0.6 is 0 Å². The largest absolute Gasteiger partial charge is 0.476 e. The molecule has 0 saturated carbocycles. The number of hydrogen-bond acceptors (Lipinski definition) is 5. The number of hydrogen-bond donors (Lipinski definition) is 2. The van der Waals surface area contributed by atoms with E-state index >= 15 is 0 Å². The minimum absolute atomic E-state index is 0.0340. The highest BCUT2D eigenvalue weighted by Gasteiger charge is 2.25. The van der Waals surface area contributed by atoms with Gasteiger partial charge in [0.2, 0.25) is 5.95 Å². The van der Waals surface area contributed by atoms with Crippen LogP contribution in [0.1, 0.15) is 35.6 Å². The number of carbonyl (C=O) groups is 1. The van der Waals surface area contributed by atoms with Crippen LogP contribution in [0, 0.1) is 0 Å². The summed E-state index contributed by atoms with van der Waals surface area (Å²) in [6.07, 6.45) is 0.662. The molecule has 0 bridgehead atoms. The van der Waals surface area contributed by atoms with Crippen molar-refractivity contribution in [3.8, 4) is 0 Å². The lowest BCUT2D eigenvalue weighted by molar-refractivity contribution is 0.0687. The van der Waals surface area contributed by atoms with Crippen LogP contribution in [0.25, 0.3) is 0 Å². The summed E-state index contributed by atoms with van der Waals surface area (Å²) in [6, 6.07) is 0.410. The molecule has 1 aliphatic heterocycles. The lowest BCUT2D eigenvalue weighted by atomic mass is 10.0. The smallest absolute Gasteiger partial charge is 0.354 e. The van der Waals surface area contributed by atoms with Gasteiger partial charge in [0.05, 0.1) is 5.69 Å². The van der Waals surface area contributed by atoms with E-state index in [1.54, 1.807) is 0 Å². The van der Waals surface area contributed by atoms with E-state index in [1.807, 2.05) is 0 Å². The van der Waals surface area contributed by atoms with Gasteiger partial charge >= 0.3 is 5.97 Å². The Labute approximate surface area is 99.5 Å². The van der Waals surface area contributed by atoms with Gasteiger partial charge in [0.1, 0.15) is 0 Å². The second-order valence-corrected chi connectivity index (χ2v) is 4.48. The standard InChI is InChI=1S/C11H16N4O2/c1-6(2)15-4-3-7-8(5-15)13-11(12)14-9(7)10(16)17/h6H,3-5H2,1-2H3,(H,16,17)(H2,12,13,14). The third-order valence-electron chi connectivity index (χ3n) is 3.04. The predicted molar refractivity (Wildman–Crippen MR) is 62.7 cm³/mol. The summed E-state index contributed by atoms with van der Waals surface area (Å²) >= 11 is 0. The number of carboxylic acids is 1. The number of nitrogen functional groups attached to an aromatic ring is 1. The van der Waals surface area contributed by atoms with E-state index in [9.17, 15) is 4.79 Å². The van der Waals surface area contributed by atoms with Crippen molar-refractivity contribution >= 4 is 11.9 Å². The van der Waals surface area contributed by atoms with Crippen LogP contribution < -0.4 is 5.73 Å². The predicted octanol–water partition coefficient (Wildman–Crippen LogP) is 0.524. The van der Waals surface area contributed by atoms with Gasteiger partial charge in [-0.1, -0.05) is 0 Å². The monoisotopic (exact) mass is 236 g/mol. The second-order valence-electron chi connectivity index (χ2n) is 4.48. The van der Waals surface area contributed by atoms with Gasteiger partial charge in [-0.25, -0.2) is 14.8 Å². The van der Waals surface area contributed by atoms with Gasteiger partial charge in [0.25, 0.3) is 0 Å². The van der Waals surface area contributed by atoms with Crippen LogP contribution in [0.15, 0.2) is 0 Å². The van der Waals surface area contributed by atoms with E-state index in [2.05, 4.69) is 28.7 Å². The third kappa shape index (κ3) is 2.21. The Morgan fingerprint density at radius 2 is 2.18 bits per heavy atom. The van der Waals surface area contributed by atoms with Gasteiger partial charge in [-0.2, -0.15) is 0 Å². The fourth-order valence-electron chi connectivity index (χ4n) is 2.09. The number of aromatic carboxylic acids is 1. The SMILES string of the molecule is CC(C)N1CCc2c(nc(N)nc2C(=O)O)C1. The van der Waals surface area contributed by atoms with Crippen molar-refractivity contribution in [1.29, 1.82) is 0 Å². The Bertz CT molecular complexity index is 459. The molecule has 1 aromatic rings. The molecule has 2 heterocycles. The van der Waals surface area contributed by atoms with Crippen molar-refractivity contribution in [3.05, 3.63) is 17.0 Å². The lowest BCUT2D eigenvalue weighted by Crippen LogP contribution is -2.37. The first kappa shape index (κ1) is 11.8. The number of rotatable bonds is 2. The molecule has 0 saturated heterocycles. The average molecular weight is 236 g/mol. The van der Waals surface area contributed by atoms with E-state index < -0.39 is 5.97 Å². The zero-order valence-corrected chi connectivity index (χ0v) is 9.97. The van der Waals surface area contributed by atoms with E-state index in [0.29, 0.717) is 19.0 Å². The summed E-state index contributed by atoms with van der Waals surface area (Å²) < 4.78 is 0. The first-order valence-corrected chi connectivity index (χ1v) is 5.61. The summed E-state index contributed by atoms with van der Waals surface area (Å²) in [4.78, 5) is 21.3. The molecule has 0 radical (unpaired) electrons. The van der Waals surface area contributed by atoms with E-state index in [-0.39, 0.29) is 11.6 Å². The molecule has 0 aromatic carbocycles. The molecule has 17 heavy (non-hydrogen) atoms. The molecule has 92 valence electrons. The van der Waals surface area contributed by atoms with Crippen molar-refractivity contribution in [3.63, 3.8) is 0 Å². The first-order valence-electron chi connectivity index (χ1n) is 5.61. The normalized spacial score (nSPS) is 15.9. The lowest BCUT2D eigenvalue weighted by Gasteiger charge is -2.31. The zero-order valence-electron chi connectivity index (χ0n) is 9.97. The van der Waals surface area contributed by atoms with Gasteiger partial charge < -0.3 is 10.8 Å². The Morgan fingerprint density at radius 1 is 1.47 bits per heavy atom. The molecular formula is C11H16N4O2. The van der Waals surface area contributed by atoms with Crippen LogP contribution in [0.5, 0.6) is 0 Å². The molecule has 0 unspecified atom stereocenters. The maximum Gasteiger partial charge on any atom is 0.354 e. The highest BCUT2D eigenvalue weighted by Crippen LogP contribution is 2.22. The summed E-state index contributed by atoms with van der Waals surface area (Å²) in [5, 5.41) is 9.08. The van der Waals surface area contributed by atoms with Gasteiger partial charge in [0, 0.05) is 24.7 Å². The molecule has 2 rings (SSSR count). The maximum atomic E-state index is 11.1. The van der Waals surface area contributed by atoms with E-state index in [1.165, 1.54) is 0 Å². The van der Waals surface area contributed by atoms with Crippen LogP contribution in [0.2, 0.25) is 0 Å². The van der Waals surface area contributed by atoms with Crippen LogP contribution in [0.4, 0.5) is 5.95 Å². The van der Waals surface area contributed by atoms with E-state index in [4.69, 9.17) is 10.8 Å². The van der Waals surface area contributed by atoms with Crippen molar-refractivity contribution in [1.82, 2.24) is 14.9 Å². The van der Waals surface area contributed by atoms with Crippen molar-refractivity contribution in [2.24, 2.45) is 0 Å². The van der Waals surface area contributed by atoms with Gasteiger partial charge in [0.15, 0.2) is 5.69 Å². The number of aromatic nitrogens is 2. The molecular weight excluding hydrogens is 220 g/mol. The molecule has 0 atom stereocenters. The van der Waals surface area contributed by atoms with Crippen molar-refractivity contribution < 1.29 is 9.90 Å². The van der Waals surface area contributed by atoms with E-state index in [0.717, 1.165) is 17.8 Å². The number of nitrogens with two attached hydrogens (primary N) is 1. The van der Waals surface area contributed by atoms with Crippen LogP contribution in [0.3, 0.4) is 0 Å². The topological polar surface area (TPSA) is 92.3 Å². The summed E-state index contributed by atoms with van der Waals surface area (Å²) in [5.74, 6) is -1.000. The van der Waals surface area contributed by atoms with Crippen molar-refractivity contribution in [2.45, 2.75) is 32.9 Å². The Kier molecular flexibility index (Phi) is 2.97. The molecule has 6 nitrogen and oxygen atoms in total. The molecule has 3 N–H and O–H groups in total. The maximum absolute atomic E-state index is 11.1. The summed E-state index contributed by atoms with van der Waals surface area (Å²) in [7, 11) is 0. The Hall–Kier alpha value is -1.69. The molecule has 0 fully saturated rings. The quantitative estimate of drug-likeness (QED) is 0.777. The number of anilines is 1. The third-order valence-corrected chi connectivity index (χ3v) is 3.04. The number of carboxylic acid groups (broad SMARTS) is 1. The van der Waals surface area contributed by atoms with Gasteiger partial charge in [-0.15, -0.1) is 0 Å². The number of nitrogens with zero attached hydrogens (tertiary/aromatic N) is 3. The van der Waals surface area contributed by atoms with Gasteiger partial charge in [-0.05, 0) is 20.3 Å². The molecule has 1 aliphatic rings. The molecule has 0 amide bonds. The highest BCUT2D eigenvalue weighted by atomic mass is 16.4. The molecule has 1 aromatic heterocycles. The first-order chi connectivity index (χ1) is 7.99. The van der Waals surface area contributed by atoms with Crippen molar-refractivity contribution in [2.75, 3.05) is 12.3 Å². The Morgan fingerprint density at radius 3 is 2.76 bits per heavy atom. The van der Waals surface area contributed by atoms with Crippen LogP contribution in [-0.2, 0) is 13.0 Å². The highest BCUT2D eigenvalue weighted by molar-refractivity contribution is 5.87. The fraction of sp³-hybridized carbons (Fsp3) is 0.545. The Balaban J connectivity index is 2.42. The average Bonchev–Trinajstić information content (AvgIpc) is 2.26. The fourth-order valence-corrected chi connectivity index (χ4v) is 2.09. The summed E-state index contributed by atoms with van der Waals surface area (Å²) in [6.45, 7) is 5.68. The second kappa shape index (κ2) is 4.29. The zero-order chi connectivity index (χ0) is 12.6. The number of fused-ring (bicyclic) bond motifs is 1. The minimum atomic E-state index is -1.03. The minimum Gasteiger partial charge on any atom is -0.476 e. The molecule has 6 heteroatoms. The molecule has 0 spiro atoms.